The molecule has 0 unspecified atom stereocenters. The molecule has 0 spiro atoms. The summed E-state index contributed by atoms with van der Waals surface area (Å²) in [6, 6.07) is 18.7. The smallest absolute Gasteiger partial charge is 0.0536 e. The molecule has 0 amide bonds. The van der Waals surface area contributed by atoms with Gasteiger partial charge in [-0.25, -0.2) is 0 Å². The fourth-order valence-corrected chi connectivity index (χ4v) is 5.63. The third kappa shape index (κ3) is 1.80. The van der Waals surface area contributed by atoms with E-state index in [2.05, 4.69) is 59.4 Å². The van der Waals surface area contributed by atoms with Crippen molar-refractivity contribution in [2.75, 3.05) is 0 Å². The van der Waals surface area contributed by atoms with E-state index in [0.717, 1.165) is 5.02 Å². The summed E-state index contributed by atoms with van der Waals surface area (Å²) in [6.07, 6.45) is 4.23. The summed E-state index contributed by atoms with van der Waals surface area (Å²) >= 11 is 6.40. The van der Waals surface area contributed by atoms with Gasteiger partial charge in [-0.1, -0.05) is 54.1 Å². The van der Waals surface area contributed by atoms with Crippen molar-refractivity contribution >= 4 is 21.6 Å². The van der Waals surface area contributed by atoms with E-state index >= 15 is 0 Å². The molecule has 1 aliphatic rings. The van der Waals surface area contributed by atoms with E-state index in [1.807, 2.05) is 18.2 Å². The van der Waals surface area contributed by atoms with Gasteiger partial charge in [0.2, 0.25) is 0 Å². The lowest BCUT2D eigenvalue weighted by Crippen LogP contribution is -1.94. The molecular weight excluding hydrogens is 260 g/mol. The first-order chi connectivity index (χ1) is 8.83. The van der Waals surface area contributed by atoms with E-state index < -0.39 is 10.0 Å². The lowest BCUT2D eigenvalue weighted by atomic mass is 10.4. The molecule has 1 heterocycles. The number of benzene rings is 2. The van der Waals surface area contributed by atoms with E-state index in [-0.39, 0.29) is 0 Å². The first-order valence-electron chi connectivity index (χ1n) is 5.81. The Morgan fingerprint density at radius 1 is 0.722 bits per heavy atom. The Labute approximate surface area is 114 Å². The standard InChI is InChI=1S/C16H13ClS/c17-15-10-4-5-11-16(15)18(12-6-7-13-18)14-8-2-1-3-9-14/h1-13H. The third-order valence-electron chi connectivity index (χ3n) is 3.03. The van der Waals surface area contributed by atoms with Crippen molar-refractivity contribution in [3.63, 3.8) is 0 Å². The molecule has 0 N–H and O–H groups in total. The Morgan fingerprint density at radius 2 is 1.33 bits per heavy atom. The predicted molar refractivity (Wildman–Crippen MR) is 80.3 cm³/mol. The molecule has 0 radical (unpaired) electrons. The molecule has 2 aromatic rings. The van der Waals surface area contributed by atoms with Crippen LogP contribution in [0.5, 0.6) is 0 Å². The van der Waals surface area contributed by atoms with Gasteiger partial charge in [0.15, 0.2) is 0 Å². The molecule has 2 heteroatoms. The average Bonchev–Trinajstić information content (AvgIpc) is 2.91. The zero-order valence-electron chi connectivity index (χ0n) is 9.79. The number of hydrogen-bond acceptors (Lipinski definition) is 0. The highest BCUT2D eigenvalue weighted by atomic mass is 35.5. The van der Waals surface area contributed by atoms with Crippen LogP contribution in [0, 0.1) is 0 Å². The van der Waals surface area contributed by atoms with Crippen molar-refractivity contribution in [3.05, 3.63) is 82.6 Å². The van der Waals surface area contributed by atoms with Crippen LogP contribution < -0.4 is 0 Å². The number of halogens is 1. The Balaban J connectivity index is 2.24. The Morgan fingerprint density at radius 3 is 2.00 bits per heavy atom. The summed E-state index contributed by atoms with van der Waals surface area (Å²) in [5.41, 5.74) is 0. The maximum absolute atomic E-state index is 6.40. The number of rotatable bonds is 2. The lowest BCUT2D eigenvalue weighted by Gasteiger charge is -2.33. The molecule has 1 aliphatic heterocycles. The molecule has 3 rings (SSSR count). The van der Waals surface area contributed by atoms with Gasteiger partial charge in [0.25, 0.3) is 0 Å². The molecule has 0 fully saturated rings. The number of hydrogen-bond donors (Lipinski definition) is 0. The highest BCUT2D eigenvalue weighted by Gasteiger charge is 2.26. The summed E-state index contributed by atoms with van der Waals surface area (Å²) < 4.78 is 0. The van der Waals surface area contributed by atoms with E-state index in [1.54, 1.807) is 0 Å². The minimum absolute atomic E-state index is 0.840. The second kappa shape index (κ2) is 4.68. The van der Waals surface area contributed by atoms with Crippen LogP contribution in [0.15, 0.2) is 87.4 Å². The van der Waals surface area contributed by atoms with Crippen LogP contribution in [-0.2, 0) is 0 Å². The van der Waals surface area contributed by atoms with E-state index in [0.29, 0.717) is 0 Å². The zero-order valence-corrected chi connectivity index (χ0v) is 11.4. The van der Waals surface area contributed by atoms with E-state index in [9.17, 15) is 0 Å². The third-order valence-corrected chi connectivity index (χ3v) is 6.78. The van der Waals surface area contributed by atoms with Crippen molar-refractivity contribution in [2.45, 2.75) is 9.79 Å². The molecule has 0 aromatic heterocycles. The second-order valence-corrected chi connectivity index (χ2v) is 7.39. The van der Waals surface area contributed by atoms with Crippen LogP contribution in [0.2, 0.25) is 5.02 Å². The lowest BCUT2D eigenvalue weighted by molar-refractivity contribution is 1.38. The fourth-order valence-electron chi connectivity index (χ4n) is 2.18. The van der Waals surface area contributed by atoms with Gasteiger partial charge in [0.1, 0.15) is 0 Å². The quantitative estimate of drug-likeness (QED) is 0.667. The monoisotopic (exact) mass is 272 g/mol. The minimum Gasteiger partial charge on any atom is -0.145 e. The van der Waals surface area contributed by atoms with Crippen LogP contribution in [0.4, 0.5) is 0 Å². The van der Waals surface area contributed by atoms with E-state index in [4.69, 9.17) is 11.6 Å². The Bertz CT molecular complexity index is 602. The highest BCUT2D eigenvalue weighted by Crippen LogP contribution is 2.68. The van der Waals surface area contributed by atoms with Crippen LogP contribution in [0.3, 0.4) is 0 Å². The molecule has 0 aliphatic carbocycles. The van der Waals surface area contributed by atoms with Crippen molar-refractivity contribution < 1.29 is 0 Å². The van der Waals surface area contributed by atoms with Gasteiger partial charge in [0.05, 0.1) is 5.02 Å². The largest absolute Gasteiger partial charge is 0.145 e. The van der Waals surface area contributed by atoms with Gasteiger partial charge >= 0.3 is 0 Å². The van der Waals surface area contributed by atoms with Crippen molar-refractivity contribution in [2.24, 2.45) is 0 Å². The van der Waals surface area contributed by atoms with E-state index in [1.165, 1.54) is 9.79 Å². The SMILES string of the molecule is Clc1ccccc1S1(c2ccccc2)C=CC=C1. The molecule has 0 atom stereocenters. The highest BCUT2D eigenvalue weighted by molar-refractivity contribution is 8.38. The van der Waals surface area contributed by atoms with Gasteiger partial charge in [-0.05, 0) is 35.1 Å². The Kier molecular flexibility index (Phi) is 3.02. The number of allylic oxidation sites excluding steroid dienone is 2. The molecule has 90 valence electrons. The Hall–Kier alpha value is -1.44. The maximum Gasteiger partial charge on any atom is 0.0536 e. The molecular formula is C16H13ClS. The van der Waals surface area contributed by atoms with Crippen molar-refractivity contribution in [1.82, 2.24) is 0 Å². The fraction of sp³-hybridized carbons (Fsp3) is 0. The van der Waals surface area contributed by atoms with Crippen molar-refractivity contribution in [3.8, 4) is 0 Å². The van der Waals surface area contributed by atoms with Gasteiger partial charge in [0, 0.05) is 9.79 Å². The second-order valence-electron chi connectivity index (χ2n) is 4.11. The first kappa shape index (κ1) is 11.6. The van der Waals surface area contributed by atoms with Crippen LogP contribution in [0.25, 0.3) is 0 Å². The molecule has 0 nitrogen and oxygen atoms in total. The van der Waals surface area contributed by atoms with Gasteiger partial charge in [-0.3, -0.25) is 0 Å². The molecule has 18 heavy (non-hydrogen) atoms. The molecule has 0 saturated carbocycles. The molecule has 0 bridgehead atoms. The van der Waals surface area contributed by atoms with Gasteiger partial charge in [-0.2, -0.15) is 0 Å². The van der Waals surface area contributed by atoms with Gasteiger partial charge < -0.3 is 0 Å². The summed E-state index contributed by atoms with van der Waals surface area (Å²) in [5.74, 6) is 0. The van der Waals surface area contributed by atoms with Crippen LogP contribution in [-0.4, -0.2) is 0 Å². The topological polar surface area (TPSA) is 0 Å². The molecule has 0 saturated heterocycles. The summed E-state index contributed by atoms with van der Waals surface area (Å²) in [6.45, 7) is 0. The summed E-state index contributed by atoms with van der Waals surface area (Å²) in [4.78, 5) is 2.53. The molecule has 2 aromatic carbocycles. The van der Waals surface area contributed by atoms with Crippen molar-refractivity contribution in [1.29, 1.82) is 0 Å². The average molecular weight is 273 g/mol. The predicted octanol–water partition coefficient (Wildman–Crippen LogP) is 5.60. The van der Waals surface area contributed by atoms with Crippen LogP contribution in [0.1, 0.15) is 0 Å². The summed E-state index contributed by atoms with van der Waals surface area (Å²) in [5, 5.41) is 5.40. The summed E-state index contributed by atoms with van der Waals surface area (Å²) in [7, 11) is -1.24. The zero-order chi connectivity index (χ0) is 12.4. The van der Waals surface area contributed by atoms with Gasteiger partial charge in [-0.15, -0.1) is 10.0 Å². The maximum atomic E-state index is 6.40. The normalized spacial score (nSPS) is 17.8. The van der Waals surface area contributed by atoms with Crippen LogP contribution >= 0.6 is 21.6 Å². The first-order valence-corrected chi connectivity index (χ1v) is 7.94. The minimum atomic E-state index is -1.24.